The first-order valence-corrected chi connectivity index (χ1v) is 6.19. The zero-order chi connectivity index (χ0) is 14.5. The van der Waals surface area contributed by atoms with Crippen LogP contribution in [0.15, 0.2) is 36.0 Å². The van der Waals surface area contributed by atoms with Gasteiger partial charge in [-0.3, -0.25) is 14.5 Å². The maximum Gasteiger partial charge on any atom is 0.277 e. The Morgan fingerprint density at radius 1 is 1.35 bits per heavy atom. The molecule has 0 saturated carbocycles. The van der Waals surface area contributed by atoms with Crippen molar-refractivity contribution in [3.8, 4) is 0 Å². The van der Waals surface area contributed by atoms with Crippen LogP contribution in [-0.2, 0) is 20.9 Å². The first-order chi connectivity index (χ1) is 9.65. The van der Waals surface area contributed by atoms with E-state index in [-0.39, 0.29) is 18.8 Å². The molecule has 1 aromatic carbocycles. The lowest BCUT2D eigenvalue weighted by atomic mass is 10.2. The number of amides is 2. The Bertz CT molecular complexity index is 554. The van der Waals surface area contributed by atoms with Crippen LogP contribution in [0.4, 0.5) is 5.69 Å². The van der Waals surface area contributed by atoms with Gasteiger partial charge in [0.15, 0.2) is 0 Å². The first kappa shape index (κ1) is 14.2. The molecule has 0 fully saturated rings. The van der Waals surface area contributed by atoms with Gasteiger partial charge in [0.1, 0.15) is 5.70 Å². The second-order valence-electron chi connectivity index (χ2n) is 4.34. The van der Waals surface area contributed by atoms with Gasteiger partial charge in [-0.05, 0) is 17.7 Å². The molecule has 20 heavy (non-hydrogen) atoms. The predicted molar refractivity (Wildman–Crippen MR) is 72.7 cm³/mol. The number of methoxy groups -OCH3 is 1. The first-order valence-electron chi connectivity index (χ1n) is 6.19. The Balaban J connectivity index is 2.11. The van der Waals surface area contributed by atoms with E-state index >= 15 is 0 Å². The number of benzene rings is 1. The fraction of sp³-hybridized carbons (Fsp3) is 0.286. The number of rotatable bonds is 6. The quantitative estimate of drug-likeness (QED) is 0.739. The Hall–Kier alpha value is -2.18. The molecule has 0 aromatic heterocycles. The van der Waals surface area contributed by atoms with Crippen LogP contribution in [0.1, 0.15) is 5.56 Å². The maximum absolute atomic E-state index is 12.0. The summed E-state index contributed by atoms with van der Waals surface area (Å²) < 4.78 is 5.04. The average molecular weight is 276 g/mol. The highest BCUT2D eigenvalue weighted by atomic mass is 16.5. The monoisotopic (exact) mass is 276 g/mol. The molecule has 6 nitrogen and oxygen atoms in total. The summed E-state index contributed by atoms with van der Waals surface area (Å²) in [7, 11) is 1.61. The number of aliphatic hydroxyl groups excluding tert-OH is 1. The smallest absolute Gasteiger partial charge is 0.277 e. The van der Waals surface area contributed by atoms with E-state index in [9.17, 15) is 9.59 Å². The van der Waals surface area contributed by atoms with Crippen LogP contribution in [0.2, 0.25) is 0 Å². The summed E-state index contributed by atoms with van der Waals surface area (Å²) in [6, 6.07) is 7.38. The summed E-state index contributed by atoms with van der Waals surface area (Å²) in [6.07, 6.45) is 1.24. The van der Waals surface area contributed by atoms with Gasteiger partial charge in [0, 0.05) is 18.9 Å². The number of imide groups is 1. The molecule has 0 bridgehead atoms. The van der Waals surface area contributed by atoms with Crippen molar-refractivity contribution in [2.45, 2.75) is 6.61 Å². The van der Waals surface area contributed by atoms with Crippen molar-refractivity contribution in [2.24, 2.45) is 0 Å². The van der Waals surface area contributed by atoms with E-state index in [0.717, 1.165) is 10.5 Å². The fourth-order valence-corrected chi connectivity index (χ4v) is 1.97. The van der Waals surface area contributed by atoms with E-state index in [1.165, 1.54) is 6.08 Å². The lowest BCUT2D eigenvalue weighted by molar-refractivity contribution is -0.137. The summed E-state index contributed by atoms with van der Waals surface area (Å²) in [5.41, 5.74) is 1.87. The normalized spacial score (nSPS) is 14.7. The molecule has 0 atom stereocenters. The second kappa shape index (κ2) is 6.31. The number of nitrogens with zero attached hydrogens (tertiary/aromatic N) is 1. The Labute approximate surface area is 116 Å². The van der Waals surface area contributed by atoms with Crippen molar-refractivity contribution < 1.29 is 19.4 Å². The van der Waals surface area contributed by atoms with E-state index in [2.05, 4.69) is 5.32 Å². The number of aliphatic hydroxyl groups is 1. The molecule has 0 unspecified atom stereocenters. The van der Waals surface area contributed by atoms with E-state index in [1.54, 1.807) is 13.2 Å². The number of carbonyl (C=O) groups is 2. The molecule has 1 heterocycles. The summed E-state index contributed by atoms with van der Waals surface area (Å²) in [6.45, 7) is 0.225. The average Bonchev–Trinajstić information content (AvgIpc) is 2.68. The van der Waals surface area contributed by atoms with E-state index in [4.69, 9.17) is 9.84 Å². The van der Waals surface area contributed by atoms with Crippen molar-refractivity contribution in [3.05, 3.63) is 41.6 Å². The van der Waals surface area contributed by atoms with Gasteiger partial charge in [-0.25, -0.2) is 0 Å². The molecule has 1 aromatic rings. The number of hydrogen-bond acceptors (Lipinski definition) is 5. The molecule has 6 heteroatoms. The van der Waals surface area contributed by atoms with Gasteiger partial charge in [0.05, 0.1) is 19.8 Å². The van der Waals surface area contributed by atoms with Crippen molar-refractivity contribution in [1.82, 2.24) is 4.90 Å². The molecule has 2 N–H and O–H groups in total. The molecule has 0 radical (unpaired) electrons. The van der Waals surface area contributed by atoms with Crippen molar-refractivity contribution in [2.75, 3.05) is 25.6 Å². The third kappa shape index (κ3) is 3.04. The van der Waals surface area contributed by atoms with Gasteiger partial charge in [-0.15, -0.1) is 0 Å². The summed E-state index contributed by atoms with van der Waals surface area (Å²) in [4.78, 5) is 24.6. The van der Waals surface area contributed by atoms with E-state index in [1.807, 2.05) is 18.2 Å². The molecular weight excluding hydrogens is 260 g/mol. The van der Waals surface area contributed by atoms with Crippen molar-refractivity contribution in [1.29, 1.82) is 0 Å². The maximum atomic E-state index is 12.0. The molecule has 2 rings (SSSR count). The molecule has 1 aliphatic heterocycles. The zero-order valence-corrected chi connectivity index (χ0v) is 11.1. The zero-order valence-electron chi connectivity index (χ0n) is 11.1. The summed E-state index contributed by atoms with van der Waals surface area (Å²) >= 11 is 0. The van der Waals surface area contributed by atoms with Crippen LogP contribution in [0.5, 0.6) is 0 Å². The Morgan fingerprint density at radius 3 is 2.85 bits per heavy atom. The van der Waals surface area contributed by atoms with Gasteiger partial charge in [-0.1, -0.05) is 12.1 Å². The fourth-order valence-electron chi connectivity index (χ4n) is 1.97. The number of hydrogen-bond donors (Lipinski definition) is 2. The van der Waals surface area contributed by atoms with Gasteiger partial charge >= 0.3 is 0 Å². The minimum atomic E-state index is -0.429. The van der Waals surface area contributed by atoms with Crippen molar-refractivity contribution >= 4 is 17.5 Å². The standard InChI is InChI=1S/C14H16N2O4/c1-20-9-10-3-2-4-11(7-10)15-12-8-13(18)16(5-6-17)14(12)19/h2-4,7-8,15,17H,5-6,9H2,1H3. The minimum absolute atomic E-state index is 0.00304. The topological polar surface area (TPSA) is 78.9 Å². The summed E-state index contributed by atoms with van der Waals surface area (Å²) in [5.74, 6) is -0.846. The highest BCUT2D eigenvalue weighted by molar-refractivity contribution is 6.17. The molecular formula is C14H16N2O4. The highest BCUT2D eigenvalue weighted by Crippen LogP contribution is 2.18. The number of carbonyl (C=O) groups excluding carboxylic acids is 2. The van der Waals surface area contributed by atoms with Crippen molar-refractivity contribution in [3.63, 3.8) is 0 Å². The molecule has 2 amide bonds. The largest absolute Gasteiger partial charge is 0.395 e. The van der Waals surface area contributed by atoms with Crippen LogP contribution < -0.4 is 5.32 Å². The number of ether oxygens (including phenoxy) is 1. The summed E-state index contributed by atoms with van der Waals surface area (Å²) in [5, 5.41) is 11.8. The second-order valence-corrected chi connectivity index (χ2v) is 4.34. The molecule has 0 spiro atoms. The van der Waals surface area contributed by atoms with Crippen LogP contribution >= 0.6 is 0 Å². The van der Waals surface area contributed by atoms with Gasteiger partial charge in [-0.2, -0.15) is 0 Å². The Morgan fingerprint density at radius 2 is 2.15 bits per heavy atom. The van der Waals surface area contributed by atoms with Crippen LogP contribution in [-0.4, -0.2) is 42.1 Å². The number of nitrogens with one attached hydrogen (secondary N) is 1. The molecule has 0 saturated heterocycles. The molecule has 1 aliphatic rings. The number of β-amino-alcohol motifs (C(OH)–C–C–N with tert-alkyl or cyclic N) is 1. The minimum Gasteiger partial charge on any atom is -0.395 e. The SMILES string of the molecule is COCc1cccc(NC2=CC(=O)N(CCO)C2=O)c1. The predicted octanol–water partition coefficient (Wildman–Crippen LogP) is 0.490. The van der Waals surface area contributed by atoms with Gasteiger partial charge < -0.3 is 15.2 Å². The third-order valence-corrected chi connectivity index (χ3v) is 2.85. The highest BCUT2D eigenvalue weighted by Gasteiger charge is 2.30. The lowest BCUT2D eigenvalue weighted by Crippen LogP contribution is -2.34. The number of anilines is 1. The van der Waals surface area contributed by atoms with Gasteiger partial charge in [0.25, 0.3) is 11.8 Å². The molecule has 0 aliphatic carbocycles. The van der Waals surface area contributed by atoms with E-state index in [0.29, 0.717) is 12.3 Å². The molecule has 106 valence electrons. The third-order valence-electron chi connectivity index (χ3n) is 2.85. The van der Waals surface area contributed by atoms with Crippen LogP contribution in [0.25, 0.3) is 0 Å². The van der Waals surface area contributed by atoms with E-state index < -0.39 is 11.8 Å². The lowest BCUT2D eigenvalue weighted by Gasteiger charge is -2.13. The van der Waals surface area contributed by atoms with Gasteiger partial charge in [0.2, 0.25) is 0 Å². The Kier molecular flexibility index (Phi) is 4.49. The van der Waals surface area contributed by atoms with Crippen LogP contribution in [0, 0.1) is 0 Å². The van der Waals surface area contributed by atoms with Crippen LogP contribution in [0.3, 0.4) is 0 Å².